The molecule has 2 aromatic carbocycles. The summed E-state index contributed by atoms with van der Waals surface area (Å²) in [6, 6.07) is 15.7. The number of aromatic amines is 1. The van der Waals surface area contributed by atoms with E-state index in [2.05, 4.69) is 17.1 Å². The lowest BCUT2D eigenvalue weighted by Crippen LogP contribution is -2.12. The first-order valence-corrected chi connectivity index (χ1v) is 7.27. The summed E-state index contributed by atoms with van der Waals surface area (Å²) in [5, 5.41) is 9.86. The lowest BCUT2D eigenvalue weighted by molar-refractivity contribution is 0.413. The van der Waals surface area contributed by atoms with E-state index in [-0.39, 0.29) is 5.84 Å². The zero-order chi connectivity index (χ0) is 14.8. The van der Waals surface area contributed by atoms with Gasteiger partial charge >= 0.3 is 0 Å². The van der Waals surface area contributed by atoms with Crippen LogP contribution in [0.15, 0.2) is 58.5 Å². The molecule has 0 aliphatic rings. The fourth-order valence-corrected chi connectivity index (χ4v) is 3.20. The molecule has 0 radical (unpaired) electrons. The molecule has 0 unspecified atom stereocenters. The number of aromatic nitrogens is 1. The van der Waals surface area contributed by atoms with Crippen molar-refractivity contribution < 1.29 is 4.74 Å². The van der Waals surface area contributed by atoms with Gasteiger partial charge in [0, 0.05) is 21.4 Å². The number of nitrogens with one attached hydrogen (secondary N) is 2. The fourth-order valence-electron chi connectivity index (χ4n) is 2.16. The second-order valence-electron chi connectivity index (χ2n) is 4.60. The number of hydrogen-bond acceptors (Lipinski definition) is 3. The quantitative estimate of drug-likeness (QED) is 0.508. The third-order valence-corrected chi connectivity index (χ3v) is 4.20. The van der Waals surface area contributed by atoms with Crippen LogP contribution >= 0.6 is 11.8 Å². The van der Waals surface area contributed by atoms with E-state index in [4.69, 9.17) is 15.9 Å². The van der Waals surface area contributed by atoms with Gasteiger partial charge in [0.05, 0.1) is 12.1 Å². The number of benzene rings is 2. The molecule has 4 N–H and O–H groups in total. The number of hydrogen-bond donors (Lipinski definition) is 3. The van der Waals surface area contributed by atoms with Crippen molar-refractivity contribution in [1.29, 1.82) is 5.41 Å². The highest BCUT2D eigenvalue weighted by molar-refractivity contribution is 7.99. The van der Waals surface area contributed by atoms with Gasteiger partial charge in [0.1, 0.15) is 11.6 Å². The highest BCUT2D eigenvalue weighted by atomic mass is 32.2. The molecule has 1 heterocycles. The van der Waals surface area contributed by atoms with Crippen LogP contribution in [0.5, 0.6) is 5.75 Å². The number of nitrogens with two attached hydrogens (primary N) is 1. The van der Waals surface area contributed by atoms with E-state index in [0.717, 1.165) is 26.6 Å². The van der Waals surface area contributed by atoms with Crippen molar-refractivity contribution in [2.75, 3.05) is 7.11 Å². The summed E-state index contributed by atoms with van der Waals surface area (Å²) in [7, 11) is 1.63. The minimum Gasteiger partial charge on any atom is -0.497 e. The average Bonchev–Trinajstić information content (AvgIpc) is 2.89. The molecule has 3 aromatic rings. The fraction of sp³-hybridized carbons (Fsp3) is 0.0625. The molecule has 5 heteroatoms. The molecular weight excluding hydrogens is 282 g/mol. The Morgan fingerprint density at radius 2 is 2.00 bits per heavy atom. The Morgan fingerprint density at radius 1 is 1.19 bits per heavy atom. The van der Waals surface area contributed by atoms with Gasteiger partial charge in [-0.2, -0.15) is 0 Å². The molecular formula is C16H15N3OS. The number of para-hydroxylation sites is 1. The monoisotopic (exact) mass is 297 g/mol. The van der Waals surface area contributed by atoms with Gasteiger partial charge in [-0.1, -0.05) is 30.0 Å². The van der Waals surface area contributed by atoms with E-state index in [1.54, 1.807) is 18.9 Å². The third-order valence-electron chi connectivity index (χ3n) is 3.20. The second kappa shape index (κ2) is 5.54. The first-order valence-electron chi connectivity index (χ1n) is 6.45. The zero-order valence-corrected chi connectivity index (χ0v) is 12.3. The van der Waals surface area contributed by atoms with Crippen LogP contribution < -0.4 is 10.5 Å². The Hall–Kier alpha value is -2.40. The first-order chi connectivity index (χ1) is 10.2. The summed E-state index contributed by atoms with van der Waals surface area (Å²) in [5.74, 6) is 0.801. The maximum absolute atomic E-state index is 7.69. The average molecular weight is 297 g/mol. The van der Waals surface area contributed by atoms with E-state index in [1.807, 2.05) is 36.4 Å². The van der Waals surface area contributed by atoms with Gasteiger partial charge in [0.25, 0.3) is 0 Å². The van der Waals surface area contributed by atoms with Gasteiger partial charge in [0.15, 0.2) is 0 Å². The summed E-state index contributed by atoms with van der Waals surface area (Å²) in [4.78, 5) is 4.26. The maximum Gasteiger partial charge on any atom is 0.123 e. The number of methoxy groups -OCH3 is 1. The van der Waals surface area contributed by atoms with Crippen molar-refractivity contribution in [2.24, 2.45) is 5.73 Å². The largest absolute Gasteiger partial charge is 0.497 e. The van der Waals surface area contributed by atoms with E-state index in [9.17, 15) is 0 Å². The molecule has 106 valence electrons. The molecule has 0 atom stereocenters. The number of ether oxygens (including phenoxy) is 1. The third kappa shape index (κ3) is 2.73. The van der Waals surface area contributed by atoms with E-state index in [0.29, 0.717) is 5.56 Å². The molecule has 4 nitrogen and oxygen atoms in total. The Kier molecular flexibility index (Phi) is 3.58. The van der Waals surface area contributed by atoms with Crippen LogP contribution in [0.3, 0.4) is 0 Å². The SMILES string of the molecule is COc1ccc(C(=N)N)c(Sc2cc3ccccc3[nH]2)c1. The Labute approximate surface area is 126 Å². The maximum atomic E-state index is 7.69. The Balaban J connectivity index is 2.01. The standard InChI is InChI=1S/C16H15N3OS/c1-20-11-6-7-12(16(17)18)14(9-11)21-15-8-10-4-2-3-5-13(10)19-15/h2-9,19H,1H3,(H3,17,18). The highest BCUT2D eigenvalue weighted by Crippen LogP contribution is 2.34. The molecule has 0 saturated heterocycles. The Bertz CT molecular complexity index is 777. The minimum atomic E-state index is 0.0521. The zero-order valence-electron chi connectivity index (χ0n) is 11.5. The van der Waals surface area contributed by atoms with Crippen molar-refractivity contribution in [3.8, 4) is 5.75 Å². The van der Waals surface area contributed by atoms with Crippen molar-refractivity contribution in [3.63, 3.8) is 0 Å². The van der Waals surface area contributed by atoms with Gasteiger partial charge in [-0.15, -0.1) is 0 Å². The number of rotatable bonds is 4. The van der Waals surface area contributed by atoms with Crippen LogP contribution in [-0.4, -0.2) is 17.9 Å². The molecule has 21 heavy (non-hydrogen) atoms. The van der Waals surface area contributed by atoms with E-state index < -0.39 is 0 Å². The first kappa shape index (κ1) is 13.6. The van der Waals surface area contributed by atoms with Crippen molar-refractivity contribution in [1.82, 2.24) is 4.98 Å². The van der Waals surface area contributed by atoms with Crippen molar-refractivity contribution in [2.45, 2.75) is 9.92 Å². The van der Waals surface area contributed by atoms with Gasteiger partial charge < -0.3 is 15.5 Å². The van der Waals surface area contributed by atoms with Gasteiger partial charge in [-0.05, 0) is 30.3 Å². The summed E-state index contributed by atoms with van der Waals surface area (Å²) < 4.78 is 5.25. The summed E-state index contributed by atoms with van der Waals surface area (Å²) >= 11 is 1.54. The smallest absolute Gasteiger partial charge is 0.123 e. The van der Waals surface area contributed by atoms with Gasteiger partial charge in [-0.25, -0.2) is 0 Å². The summed E-state index contributed by atoms with van der Waals surface area (Å²) in [6.45, 7) is 0. The molecule has 0 spiro atoms. The number of nitrogen functional groups attached to an aromatic ring is 1. The lowest BCUT2D eigenvalue weighted by atomic mass is 10.2. The molecule has 0 aliphatic carbocycles. The molecule has 0 aliphatic heterocycles. The van der Waals surface area contributed by atoms with Crippen LogP contribution in [0.2, 0.25) is 0 Å². The molecule has 0 fully saturated rings. The topological polar surface area (TPSA) is 74.9 Å². The number of H-pyrrole nitrogens is 1. The van der Waals surface area contributed by atoms with Crippen LogP contribution in [0.25, 0.3) is 10.9 Å². The van der Waals surface area contributed by atoms with Crippen molar-refractivity contribution >= 4 is 28.5 Å². The molecule has 0 bridgehead atoms. The van der Waals surface area contributed by atoms with Crippen LogP contribution in [-0.2, 0) is 0 Å². The van der Waals surface area contributed by atoms with E-state index >= 15 is 0 Å². The predicted molar refractivity (Wildman–Crippen MR) is 86.4 cm³/mol. The predicted octanol–water partition coefficient (Wildman–Crippen LogP) is 3.61. The van der Waals surface area contributed by atoms with Gasteiger partial charge in [-0.3, -0.25) is 5.41 Å². The minimum absolute atomic E-state index is 0.0521. The Morgan fingerprint density at radius 3 is 2.71 bits per heavy atom. The molecule has 0 amide bonds. The molecule has 1 aromatic heterocycles. The second-order valence-corrected chi connectivity index (χ2v) is 5.68. The van der Waals surface area contributed by atoms with Crippen LogP contribution in [0.1, 0.15) is 5.56 Å². The number of fused-ring (bicyclic) bond motifs is 1. The molecule has 3 rings (SSSR count). The number of amidine groups is 1. The van der Waals surface area contributed by atoms with Crippen molar-refractivity contribution in [3.05, 3.63) is 54.1 Å². The van der Waals surface area contributed by atoms with Crippen LogP contribution in [0, 0.1) is 5.41 Å². The summed E-state index contributed by atoms with van der Waals surface area (Å²) in [6.07, 6.45) is 0. The van der Waals surface area contributed by atoms with Gasteiger partial charge in [0.2, 0.25) is 0 Å². The molecule has 0 saturated carbocycles. The van der Waals surface area contributed by atoms with Crippen LogP contribution in [0.4, 0.5) is 0 Å². The highest BCUT2D eigenvalue weighted by Gasteiger charge is 2.10. The normalized spacial score (nSPS) is 10.7. The van der Waals surface area contributed by atoms with E-state index in [1.165, 1.54) is 0 Å². The summed E-state index contributed by atoms with van der Waals surface area (Å²) in [5.41, 5.74) is 7.45. The lowest BCUT2D eigenvalue weighted by Gasteiger charge is -2.09.